The summed E-state index contributed by atoms with van der Waals surface area (Å²) in [5, 5.41) is 51.4. The molecule has 0 aliphatic rings. The van der Waals surface area contributed by atoms with Crippen molar-refractivity contribution in [2.24, 2.45) is 5.92 Å². The first-order valence-corrected chi connectivity index (χ1v) is 23.4. The summed E-state index contributed by atoms with van der Waals surface area (Å²) in [5.74, 6) is -1.12. The number of carbonyl (C=O) groups is 2. The molecule has 0 saturated heterocycles. The van der Waals surface area contributed by atoms with Crippen molar-refractivity contribution in [3.8, 4) is 46.3 Å². The third kappa shape index (κ3) is 14.0. The average molecular weight is 987 g/mol. The third-order valence-corrected chi connectivity index (χ3v) is 12.4. The number of aliphatic carboxylic acids is 2. The van der Waals surface area contributed by atoms with Crippen LogP contribution in [0.3, 0.4) is 0 Å². The number of nitrogens with zero attached hydrogens (tertiary/aromatic N) is 4. The van der Waals surface area contributed by atoms with E-state index in [2.05, 4.69) is 27.4 Å². The fourth-order valence-electron chi connectivity index (χ4n) is 7.84. The van der Waals surface area contributed by atoms with Crippen LogP contribution in [0.4, 0.5) is 0 Å². The van der Waals surface area contributed by atoms with Crippen molar-refractivity contribution in [1.82, 2.24) is 15.3 Å². The number of ether oxygens (including phenoxy) is 4. The number of pyridine rings is 2. The largest absolute Gasteiger partial charge is 0.488 e. The minimum atomic E-state index is -0.996. The second kappa shape index (κ2) is 25.4. The Kier molecular flexibility index (Phi) is 18.9. The SMILES string of the molecule is CCC[C@H](NCc1cc(Cl)c(OCc2cccc(-c3cccc(COc4cc(OCc5cncc(C#N)c5)c(CC[C@@H](CCO)C(=O)O)cc4Cl)c3C)c2C)cc1OCc1cncc(C#N)c1)C(=O)O. The lowest BCUT2D eigenvalue weighted by atomic mass is 9.92. The van der Waals surface area contributed by atoms with Gasteiger partial charge in [-0.05, 0) is 103 Å². The highest BCUT2D eigenvalue weighted by Crippen LogP contribution is 2.38. The predicted molar refractivity (Wildman–Crippen MR) is 264 cm³/mol. The number of carboxylic acids is 2. The van der Waals surface area contributed by atoms with E-state index in [1.165, 1.54) is 12.4 Å². The van der Waals surface area contributed by atoms with Crippen molar-refractivity contribution in [3.05, 3.63) is 163 Å². The van der Waals surface area contributed by atoms with Crippen LogP contribution in [0.5, 0.6) is 23.0 Å². The quantitative estimate of drug-likeness (QED) is 0.0420. The van der Waals surface area contributed by atoms with Gasteiger partial charge >= 0.3 is 11.9 Å². The van der Waals surface area contributed by atoms with E-state index in [0.717, 1.165) is 33.4 Å². The Hall–Kier alpha value is -7.20. The normalized spacial score (nSPS) is 11.8. The average Bonchev–Trinajstić information content (AvgIpc) is 3.35. The molecule has 2 aromatic heterocycles. The number of aliphatic hydroxyl groups is 1. The molecule has 0 unspecified atom stereocenters. The van der Waals surface area contributed by atoms with E-state index in [0.29, 0.717) is 85.7 Å². The predicted octanol–water partition coefficient (Wildman–Crippen LogP) is 10.5. The molecule has 0 fully saturated rings. The van der Waals surface area contributed by atoms with E-state index < -0.39 is 23.9 Å². The number of aryl methyl sites for hydroxylation is 1. The van der Waals surface area contributed by atoms with Gasteiger partial charge in [0.2, 0.25) is 0 Å². The van der Waals surface area contributed by atoms with E-state index in [1.54, 1.807) is 48.8 Å². The number of benzene rings is 4. The standard InChI is InChI=1S/C54H53Cl2N5O9/c1-4-7-48(54(65)66)61-28-43-19-47(56)52(21-50(43)68-30-38-17-36(23-58)25-60-27-38)70-32-42-9-6-11-45(34(42)3)44-10-5-8-41(33(44)2)31-69-51-20-49(67-29-37-16-35(22-57)24-59-26-37)40(18-46(51)55)13-12-39(14-15-62)53(63)64/h5-6,8-11,16-21,24-27,39,48,61-62H,4,7,12-15,28-32H2,1-3H3,(H,63,64)(H,65,66)/t39-,48-/m0/s1. The van der Waals surface area contributed by atoms with Crippen molar-refractivity contribution < 1.29 is 43.9 Å². The summed E-state index contributed by atoms with van der Waals surface area (Å²) in [6.07, 6.45) is 7.94. The number of aliphatic hydroxyl groups excluding tert-OH is 1. The molecule has 0 aliphatic carbocycles. The number of nitrogens with one attached hydrogen (secondary N) is 1. The van der Waals surface area contributed by atoms with Gasteiger partial charge in [-0.3, -0.25) is 19.6 Å². The molecule has 0 radical (unpaired) electrons. The molecule has 16 heteroatoms. The van der Waals surface area contributed by atoms with E-state index >= 15 is 0 Å². The highest BCUT2D eigenvalue weighted by Gasteiger charge is 2.22. The van der Waals surface area contributed by atoms with Crippen molar-refractivity contribution in [2.75, 3.05) is 6.61 Å². The van der Waals surface area contributed by atoms with E-state index in [4.69, 9.17) is 42.1 Å². The Bertz CT molecular complexity index is 2710. The van der Waals surface area contributed by atoms with Gasteiger partial charge in [-0.25, -0.2) is 0 Å². The maximum absolute atomic E-state index is 11.9. The van der Waals surface area contributed by atoms with Gasteiger partial charge < -0.3 is 39.6 Å². The van der Waals surface area contributed by atoms with Crippen molar-refractivity contribution in [3.63, 3.8) is 0 Å². The van der Waals surface area contributed by atoms with Crippen LogP contribution < -0.4 is 24.3 Å². The topological polar surface area (TPSA) is 217 Å². The van der Waals surface area contributed by atoms with Crippen LogP contribution in [0.1, 0.15) is 88.2 Å². The Morgan fingerprint density at radius 1 is 0.643 bits per heavy atom. The monoisotopic (exact) mass is 985 g/mol. The van der Waals surface area contributed by atoms with E-state index in [9.17, 15) is 35.4 Å². The van der Waals surface area contributed by atoms with Gasteiger partial charge in [0, 0.05) is 66.8 Å². The lowest BCUT2D eigenvalue weighted by Crippen LogP contribution is -2.36. The van der Waals surface area contributed by atoms with Crippen LogP contribution in [0.15, 0.2) is 97.6 Å². The zero-order chi connectivity index (χ0) is 50.2. The van der Waals surface area contributed by atoms with Gasteiger partial charge in [0.15, 0.2) is 0 Å². The first-order valence-electron chi connectivity index (χ1n) is 22.6. The molecule has 6 rings (SSSR count). The highest BCUT2D eigenvalue weighted by molar-refractivity contribution is 6.32. The highest BCUT2D eigenvalue weighted by atomic mass is 35.5. The van der Waals surface area contributed by atoms with Gasteiger partial charge in [0.1, 0.15) is 67.6 Å². The van der Waals surface area contributed by atoms with Crippen molar-refractivity contribution >= 4 is 35.1 Å². The number of halogens is 2. The van der Waals surface area contributed by atoms with Gasteiger partial charge in [-0.15, -0.1) is 0 Å². The van der Waals surface area contributed by atoms with Gasteiger partial charge in [0.05, 0.1) is 27.1 Å². The Morgan fingerprint density at radius 2 is 1.14 bits per heavy atom. The molecule has 14 nitrogen and oxygen atoms in total. The lowest BCUT2D eigenvalue weighted by molar-refractivity contribution is -0.142. The molecule has 2 atom stereocenters. The zero-order valence-corrected chi connectivity index (χ0v) is 40.5. The Balaban J connectivity index is 1.21. The van der Waals surface area contributed by atoms with Crippen LogP contribution >= 0.6 is 23.2 Å². The first-order chi connectivity index (χ1) is 33.8. The van der Waals surface area contributed by atoms with Crippen molar-refractivity contribution in [1.29, 1.82) is 10.5 Å². The number of nitriles is 2. The molecule has 4 aromatic carbocycles. The Morgan fingerprint density at radius 3 is 1.61 bits per heavy atom. The molecular weight excluding hydrogens is 934 g/mol. The molecule has 0 spiro atoms. The summed E-state index contributed by atoms with van der Waals surface area (Å²) in [6.45, 7) is 6.40. The fraction of sp³-hybridized carbons (Fsp3) is 0.296. The summed E-state index contributed by atoms with van der Waals surface area (Å²) in [5.41, 5.74) is 9.17. The summed E-state index contributed by atoms with van der Waals surface area (Å²) in [6, 6.07) is 25.5. The molecule has 70 heavy (non-hydrogen) atoms. The third-order valence-electron chi connectivity index (χ3n) is 11.8. The molecule has 4 N–H and O–H groups in total. The van der Waals surface area contributed by atoms with E-state index in [1.807, 2.05) is 57.2 Å². The summed E-state index contributed by atoms with van der Waals surface area (Å²) < 4.78 is 25.2. The van der Waals surface area contributed by atoms with Gasteiger partial charge in [-0.2, -0.15) is 10.5 Å². The molecular formula is C54H53Cl2N5O9. The smallest absolute Gasteiger partial charge is 0.320 e. The van der Waals surface area contributed by atoms with E-state index in [-0.39, 0.29) is 52.4 Å². The minimum absolute atomic E-state index is 0.0842. The molecule has 362 valence electrons. The molecule has 0 aliphatic heterocycles. The van der Waals surface area contributed by atoms with Crippen molar-refractivity contribution in [2.45, 2.75) is 91.9 Å². The summed E-state index contributed by atoms with van der Waals surface area (Å²) >= 11 is 13.7. The molecule has 0 amide bonds. The lowest BCUT2D eigenvalue weighted by Gasteiger charge is -2.19. The molecule has 6 aromatic rings. The van der Waals surface area contributed by atoms with Crippen LogP contribution in [0, 0.1) is 42.4 Å². The summed E-state index contributed by atoms with van der Waals surface area (Å²) in [7, 11) is 0. The van der Waals surface area contributed by atoms with Gasteiger partial charge in [0.25, 0.3) is 0 Å². The number of hydrogen-bond donors (Lipinski definition) is 4. The van der Waals surface area contributed by atoms with Crippen LogP contribution in [-0.2, 0) is 49.0 Å². The molecule has 0 bridgehead atoms. The summed E-state index contributed by atoms with van der Waals surface area (Å²) in [4.78, 5) is 32.0. The fourth-order valence-corrected chi connectivity index (χ4v) is 8.32. The maximum Gasteiger partial charge on any atom is 0.320 e. The van der Waals surface area contributed by atoms with Crippen LogP contribution in [0.2, 0.25) is 10.0 Å². The second-order valence-corrected chi connectivity index (χ2v) is 17.5. The second-order valence-electron chi connectivity index (χ2n) is 16.6. The number of hydrogen-bond acceptors (Lipinski definition) is 12. The van der Waals surface area contributed by atoms with Crippen LogP contribution in [-0.4, -0.2) is 49.9 Å². The zero-order valence-electron chi connectivity index (χ0n) is 39.0. The van der Waals surface area contributed by atoms with Crippen LogP contribution in [0.25, 0.3) is 11.1 Å². The number of carboxylic acid groups (broad SMARTS) is 2. The first kappa shape index (κ1) is 52.2. The number of aromatic nitrogens is 2. The number of rotatable bonds is 25. The Labute approximate surface area is 417 Å². The maximum atomic E-state index is 11.9. The molecule has 2 heterocycles. The minimum Gasteiger partial charge on any atom is -0.488 e. The molecule has 0 saturated carbocycles. The van der Waals surface area contributed by atoms with Gasteiger partial charge in [-0.1, -0.05) is 72.9 Å².